The van der Waals surface area contributed by atoms with E-state index in [-0.39, 0.29) is 11.8 Å². The van der Waals surface area contributed by atoms with Crippen molar-refractivity contribution in [2.45, 2.75) is 25.3 Å². The van der Waals surface area contributed by atoms with E-state index in [1.807, 2.05) is 41.0 Å². The quantitative estimate of drug-likeness (QED) is 0.763. The van der Waals surface area contributed by atoms with Crippen LogP contribution in [0, 0.1) is 0 Å². The molecule has 2 N–H and O–H groups in total. The Labute approximate surface area is 151 Å². The third-order valence-electron chi connectivity index (χ3n) is 4.70. The Morgan fingerprint density at radius 3 is 2.77 bits per heavy atom. The lowest BCUT2D eigenvalue weighted by molar-refractivity contribution is -0.122. The van der Waals surface area contributed by atoms with Crippen LogP contribution < -0.4 is 10.6 Å². The lowest BCUT2D eigenvalue weighted by Gasteiger charge is -2.15. The molecule has 2 amide bonds. The maximum atomic E-state index is 12.5. The summed E-state index contributed by atoms with van der Waals surface area (Å²) >= 11 is 0. The van der Waals surface area contributed by atoms with Gasteiger partial charge in [-0.05, 0) is 55.7 Å². The fraction of sp³-hybridized carbons (Fsp3) is 0.250. The van der Waals surface area contributed by atoms with E-state index in [0.29, 0.717) is 18.5 Å². The topological polar surface area (TPSA) is 76.0 Å². The van der Waals surface area contributed by atoms with Crippen molar-refractivity contribution in [3.63, 3.8) is 0 Å². The van der Waals surface area contributed by atoms with Crippen molar-refractivity contribution in [1.82, 2.24) is 20.2 Å². The highest BCUT2D eigenvalue weighted by Crippen LogP contribution is 2.18. The van der Waals surface area contributed by atoms with Gasteiger partial charge < -0.3 is 10.6 Å². The zero-order chi connectivity index (χ0) is 17.9. The van der Waals surface area contributed by atoms with Crippen LogP contribution in [0.4, 0.5) is 0 Å². The Morgan fingerprint density at radius 1 is 1.12 bits per heavy atom. The van der Waals surface area contributed by atoms with Crippen molar-refractivity contribution in [3.05, 3.63) is 60.4 Å². The fourth-order valence-corrected chi connectivity index (χ4v) is 3.26. The molecule has 0 aliphatic carbocycles. The van der Waals surface area contributed by atoms with Gasteiger partial charge >= 0.3 is 0 Å². The smallest absolute Gasteiger partial charge is 0.251 e. The molecular weight excluding hydrogens is 328 g/mol. The van der Waals surface area contributed by atoms with Gasteiger partial charge in [-0.1, -0.05) is 12.1 Å². The summed E-state index contributed by atoms with van der Waals surface area (Å²) in [6.45, 7) is 0.679. The summed E-state index contributed by atoms with van der Waals surface area (Å²) in [7, 11) is 0. The second kappa shape index (κ2) is 7.00. The van der Waals surface area contributed by atoms with Gasteiger partial charge in [0.1, 0.15) is 12.4 Å². The van der Waals surface area contributed by atoms with Gasteiger partial charge in [0.15, 0.2) is 0 Å². The highest BCUT2D eigenvalue weighted by molar-refractivity contribution is 5.97. The minimum atomic E-state index is -0.456. The van der Waals surface area contributed by atoms with Crippen LogP contribution >= 0.6 is 0 Å². The van der Waals surface area contributed by atoms with Crippen LogP contribution in [0.15, 0.2) is 54.9 Å². The van der Waals surface area contributed by atoms with Gasteiger partial charge in [0.25, 0.3) is 5.91 Å². The second-order valence-corrected chi connectivity index (χ2v) is 6.46. The minimum absolute atomic E-state index is 0.0997. The fourth-order valence-electron chi connectivity index (χ4n) is 3.26. The first-order valence-electron chi connectivity index (χ1n) is 8.83. The zero-order valence-electron chi connectivity index (χ0n) is 14.3. The molecule has 1 saturated heterocycles. The standard InChI is InChI=1S/C20H20N4O2/c25-19(23-17-6-3-4-12-21-20(17)26)14-8-10-15(11-9-14)24-13-22-16-5-1-2-7-18(16)24/h1-2,5,7-11,13,17H,3-4,6,12H2,(H,21,26)(H,23,25)/t17-/m0/s1. The Balaban J connectivity index is 1.52. The lowest BCUT2D eigenvalue weighted by Crippen LogP contribution is -2.45. The van der Waals surface area contributed by atoms with E-state index in [9.17, 15) is 9.59 Å². The van der Waals surface area contributed by atoms with E-state index in [1.54, 1.807) is 18.5 Å². The molecule has 1 atom stereocenters. The number of imidazole rings is 1. The molecule has 2 aromatic carbocycles. The molecule has 1 fully saturated rings. The Kier molecular flexibility index (Phi) is 4.39. The summed E-state index contributed by atoms with van der Waals surface area (Å²) in [6, 6.07) is 14.8. The predicted molar refractivity (Wildman–Crippen MR) is 99.2 cm³/mol. The molecule has 132 valence electrons. The maximum Gasteiger partial charge on any atom is 0.251 e. The van der Waals surface area contributed by atoms with Crippen molar-refractivity contribution in [3.8, 4) is 5.69 Å². The zero-order valence-corrected chi connectivity index (χ0v) is 14.3. The van der Waals surface area contributed by atoms with Crippen molar-refractivity contribution in [2.75, 3.05) is 6.54 Å². The molecule has 6 heteroatoms. The van der Waals surface area contributed by atoms with Crippen molar-refractivity contribution in [2.24, 2.45) is 0 Å². The number of benzene rings is 2. The van der Waals surface area contributed by atoms with Crippen LogP contribution in [0.2, 0.25) is 0 Å². The minimum Gasteiger partial charge on any atom is -0.354 e. The van der Waals surface area contributed by atoms with E-state index >= 15 is 0 Å². The number of nitrogens with one attached hydrogen (secondary N) is 2. The van der Waals surface area contributed by atoms with E-state index in [0.717, 1.165) is 29.6 Å². The number of carbonyl (C=O) groups is 2. The average molecular weight is 348 g/mol. The Morgan fingerprint density at radius 2 is 1.92 bits per heavy atom. The Hall–Kier alpha value is -3.15. The van der Waals surface area contributed by atoms with Gasteiger partial charge in [-0.15, -0.1) is 0 Å². The molecule has 2 heterocycles. The molecule has 1 aliphatic heterocycles. The third-order valence-corrected chi connectivity index (χ3v) is 4.70. The number of nitrogens with zero attached hydrogens (tertiary/aromatic N) is 2. The highest BCUT2D eigenvalue weighted by Gasteiger charge is 2.22. The summed E-state index contributed by atoms with van der Waals surface area (Å²) in [5.74, 6) is -0.327. The predicted octanol–water partition coefficient (Wildman–Crippen LogP) is 2.42. The van der Waals surface area contributed by atoms with Gasteiger partial charge in [0.2, 0.25) is 5.91 Å². The molecule has 1 aliphatic rings. The van der Waals surface area contributed by atoms with Crippen LogP contribution in [0.25, 0.3) is 16.7 Å². The Bertz CT molecular complexity index is 946. The van der Waals surface area contributed by atoms with Crippen LogP contribution in [-0.4, -0.2) is 34.0 Å². The normalized spacial score (nSPS) is 17.5. The van der Waals surface area contributed by atoms with Crippen LogP contribution in [-0.2, 0) is 4.79 Å². The van der Waals surface area contributed by atoms with E-state index < -0.39 is 6.04 Å². The second-order valence-electron chi connectivity index (χ2n) is 6.46. The molecule has 6 nitrogen and oxygen atoms in total. The third kappa shape index (κ3) is 3.18. The number of para-hydroxylation sites is 2. The van der Waals surface area contributed by atoms with Gasteiger partial charge in [0, 0.05) is 17.8 Å². The van der Waals surface area contributed by atoms with Crippen molar-refractivity contribution < 1.29 is 9.59 Å². The van der Waals surface area contributed by atoms with E-state index in [4.69, 9.17) is 0 Å². The van der Waals surface area contributed by atoms with Crippen molar-refractivity contribution in [1.29, 1.82) is 0 Å². The van der Waals surface area contributed by atoms with Gasteiger partial charge in [-0.2, -0.15) is 0 Å². The molecule has 0 spiro atoms. The number of carbonyl (C=O) groups excluding carboxylic acids is 2. The molecule has 0 unspecified atom stereocenters. The first-order chi connectivity index (χ1) is 12.7. The first-order valence-corrected chi connectivity index (χ1v) is 8.83. The monoisotopic (exact) mass is 348 g/mol. The molecule has 26 heavy (non-hydrogen) atoms. The summed E-state index contributed by atoms with van der Waals surface area (Å²) in [6.07, 6.45) is 4.33. The number of aromatic nitrogens is 2. The molecule has 0 radical (unpaired) electrons. The summed E-state index contributed by atoms with van der Waals surface area (Å²) in [5, 5.41) is 5.67. The van der Waals surface area contributed by atoms with Crippen LogP contribution in [0.1, 0.15) is 29.6 Å². The highest BCUT2D eigenvalue weighted by atomic mass is 16.2. The number of fused-ring (bicyclic) bond motifs is 1. The van der Waals surface area contributed by atoms with Gasteiger partial charge in [0.05, 0.1) is 11.0 Å². The van der Waals surface area contributed by atoms with E-state index in [2.05, 4.69) is 15.6 Å². The molecule has 3 aromatic rings. The summed E-state index contributed by atoms with van der Waals surface area (Å²) in [4.78, 5) is 28.8. The summed E-state index contributed by atoms with van der Waals surface area (Å²) in [5.41, 5.74) is 3.41. The number of hydrogen-bond donors (Lipinski definition) is 2. The number of rotatable bonds is 3. The lowest BCUT2D eigenvalue weighted by atomic mass is 10.1. The average Bonchev–Trinajstić information content (AvgIpc) is 3.00. The molecular formula is C20H20N4O2. The van der Waals surface area contributed by atoms with E-state index in [1.165, 1.54) is 0 Å². The largest absolute Gasteiger partial charge is 0.354 e. The van der Waals surface area contributed by atoms with Crippen LogP contribution in [0.3, 0.4) is 0 Å². The molecule has 0 bridgehead atoms. The molecule has 0 saturated carbocycles. The van der Waals surface area contributed by atoms with Crippen LogP contribution in [0.5, 0.6) is 0 Å². The number of hydrogen-bond acceptors (Lipinski definition) is 3. The first kappa shape index (κ1) is 16.3. The SMILES string of the molecule is O=C(N[C@H]1CCCCNC1=O)c1ccc(-n2cnc3ccccc32)cc1. The number of amides is 2. The maximum absolute atomic E-state index is 12.5. The van der Waals surface area contributed by atoms with Gasteiger partial charge in [-0.3, -0.25) is 14.2 Å². The van der Waals surface area contributed by atoms with Gasteiger partial charge in [-0.25, -0.2) is 4.98 Å². The molecule has 4 rings (SSSR count). The summed E-state index contributed by atoms with van der Waals surface area (Å²) < 4.78 is 1.98. The molecule has 1 aromatic heterocycles. The van der Waals surface area contributed by atoms with Crippen molar-refractivity contribution >= 4 is 22.8 Å².